The van der Waals surface area contributed by atoms with Crippen molar-refractivity contribution < 1.29 is 34.5 Å². The Bertz CT molecular complexity index is 627. The Morgan fingerprint density at radius 3 is 1.35 bits per heavy atom. The summed E-state index contributed by atoms with van der Waals surface area (Å²) in [5, 5.41) is 35.7. The predicted octanol–water partition coefficient (Wildman–Crippen LogP) is -1.29. The maximum atomic E-state index is 13.0. The molecule has 0 aromatic heterocycles. The first-order valence-corrected chi connectivity index (χ1v) is 10.5. The lowest BCUT2D eigenvalue weighted by molar-refractivity contribution is -0.145. The van der Waals surface area contributed by atoms with E-state index < -0.39 is 60.1 Å². The minimum atomic E-state index is -1.54. The molecule has 8 N–H and O–H groups in total. The van der Waals surface area contributed by atoms with Gasteiger partial charge in [-0.25, -0.2) is 4.79 Å². The van der Waals surface area contributed by atoms with E-state index in [2.05, 4.69) is 16.0 Å². The number of amides is 3. The second kappa shape index (κ2) is 13.2. The van der Waals surface area contributed by atoms with Gasteiger partial charge in [0.2, 0.25) is 17.7 Å². The number of nitrogens with one attached hydrogen (secondary N) is 3. The highest BCUT2D eigenvalue weighted by molar-refractivity contribution is 5.94. The number of aliphatic hydroxyl groups excluding tert-OH is 2. The van der Waals surface area contributed by atoms with Crippen molar-refractivity contribution in [3.63, 3.8) is 0 Å². The van der Waals surface area contributed by atoms with Crippen molar-refractivity contribution in [1.82, 2.24) is 16.0 Å². The van der Waals surface area contributed by atoms with Crippen LogP contribution in [0.1, 0.15) is 54.4 Å². The van der Waals surface area contributed by atoms with Crippen LogP contribution in [0.25, 0.3) is 0 Å². The monoisotopic (exact) mass is 446 g/mol. The van der Waals surface area contributed by atoms with E-state index in [4.69, 9.17) is 5.73 Å². The maximum absolute atomic E-state index is 13.0. The van der Waals surface area contributed by atoms with Crippen LogP contribution in [0.15, 0.2) is 0 Å². The lowest BCUT2D eigenvalue weighted by Gasteiger charge is -2.30. The van der Waals surface area contributed by atoms with Crippen LogP contribution in [0, 0.1) is 11.8 Å². The third-order valence-electron chi connectivity index (χ3n) is 5.46. The minimum Gasteiger partial charge on any atom is -0.480 e. The molecule has 8 unspecified atom stereocenters. The summed E-state index contributed by atoms with van der Waals surface area (Å²) < 4.78 is 0. The number of carbonyl (C=O) groups excluding carboxylic acids is 3. The highest BCUT2D eigenvalue weighted by Crippen LogP contribution is 2.13. The van der Waals surface area contributed by atoms with Gasteiger partial charge in [-0.1, -0.05) is 40.5 Å². The standard InChI is InChI=1S/C20H38N4O7/c1-7-9(3)14(22-17(27)13(21)11(5)25)18(28)23-15(10(4)8-2)19(29)24-16(12(6)26)20(30)31/h9-16,25-26H,7-8,21H2,1-6H3,(H,22,27)(H,23,28)(H,24,29)(H,30,31). The average molecular weight is 447 g/mol. The van der Waals surface area contributed by atoms with Gasteiger partial charge in [0.05, 0.1) is 12.2 Å². The van der Waals surface area contributed by atoms with E-state index in [9.17, 15) is 34.5 Å². The summed E-state index contributed by atoms with van der Waals surface area (Å²) in [7, 11) is 0. The zero-order valence-electron chi connectivity index (χ0n) is 19.1. The second-order valence-electron chi connectivity index (χ2n) is 8.08. The Morgan fingerprint density at radius 1 is 0.710 bits per heavy atom. The topological polar surface area (TPSA) is 191 Å². The van der Waals surface area contributed by atoms with Crippen LogP contribution >= 0.6 is 0 Å². The molecule has 0 aromatic rings. The third-order valence-corrected chi connectivity index (χ3v) is 5.46. The van der Waals surface area contributed by atoms with Crippen molar-refractivity contribution in [2.45, 2.75) is 90.8 Å². The van der Waals surface area contributed by atoms with E-state index in [0.29, 0.717) is 12.8 Å². The van der Waals surface area contributed by atoms with Gasteiger partial charge in [-0.15, -0.1) is 0 Å². The van der Waals surface area contributed by atoms with Crippen molar-refractivity contribution in [3.8, 4) is 0 Å². The zero-order valence-corrected chi connectivity index (χ0v) is 19.1. The van der Waals surface area contributed by atoms with Crippen LogP contribution in [0.5, 0.6) is 0 Å². The van der Waals surface area contributed by atoms with Gasteiger partial charge in [-0.05, 0) is 25.7 Å². The number of hydrogen-bond donors (Lipinski definition) is 7. The fourth-order valence-corrected chi connectivity index (χ4v) is 2.75. The molecule has 0 aliphatic heterocycles. The number of carbonyl (C=O) groups is 4. The van der Waals surface area contributed by atoms with E-state index >= 15 is 0 Å². The van der Waals surface area contributed by atoms with E-state index in [1.165, 1.54) is 13.8 Å². The van der Waals surface area contributed by atoms with Crippen molar-refractivity contribution in [3.05, 3.63) is 0 Å². The van der Waals surface area contributed by atoms with Crippen molar-refractivity contribution >= 4 is 23.7 Å². The molecule has 0 rings (SSSR count). The van der Waals surface area contributed by atoms with Crippen LogP contribution in [0.3, 0.4) is 0 Å². The van der Waals surface area contributed by atoms with Gasteiger partial charge >= 0.3 is 5.97 Å². The molecule has 0 aliphatic rings. The molecule has 0 fully saturated rings. The molecule has 3 amide bonds. The smallest absolute Gasteiger partial charge is 0.328 e. The first kappa shape index (κ1) is 28.8. The van der Waals surface area contributed by atoms with Gasteiger partial charge in [-0.3, -0.25) is 14.4 Å². The van der Waals surface area contributed by atoms with Crippen molar-refractivity contribution in [2.24, 2.45) is 17.6 Å². The van der Waals surface area contributed by atoms with E-state index in [-0.39, 0.29) is 11.8 Å². The van der Waals surface area contributed by atoms with Gasteiger partial charge in [0.15, 0.2) is 6.04 Å². The molecule has 0 saturated carbocycles. The number of nitrogens with two attached hydrogens (primary N) is 1. The summed E-state index contributed by atoms with van der Waals surface area (Å²) in [5.41, 5.74) is 5.64. The molecule has 11 nitrogen and oxygen atoms in total. The number of carboxylic acids is 1. The predicted molar refractivity (Wildman–Crippen MR) is 114 cm³/mol. The molecule has 0 heterocycles. The van der Waals surface area contributed by atoms with E-state index in [1.807, 2.05) is 6.92 Å². The molecule has 0 saturated heterocycles. The number of rotatable bonds is 13. The lowest BCUT2D eigenvalue weighted by atomic mass is 9.94. The highest BCUT2D eigenvalue weighted by atomic mass is 16.4. The molecule has 0 aliphatic carbocycles. The minimum absolute atomic E-state index is 0.310. The van der Waals surface area contributed by atoms with Crippen molar-refractivity contribution in [2.75, 3.05) is 0 Å². The van der Waals surface area contributed by atoms with E-state index in [1.54, 1.807) is 20.8 Å². The SMILES string of the molecule is CCC(C)C(NC(=O)C(N)C(C)O)C(=O)NC(C(=O)NC(C(=O)O)C(C)O)C(C)CC. The van der Waals surface area contributed by atoms with Crippen LogP contribution < -0.4 is 21.7 Å². The fourth-order valence-electron chi connectivity index (χ4n) is 2.75. The largest absolute Gasteiger partial charge is 0.480 e. The fraction of sp³-hybridized carbons (Fsp3) is 0.800. The quantitative estimate of drug-likeness (QED) is 0.182. The highest BCUT2D eigenvalue weighted by Gasteiger charge is 2.35. The Hall–Kier alpha value is -2.24. The number of aliphatic hydroxyl groups is 2. The van der Waals surface area contributed by atoms with Gasteiger partial charge < -0.3 is 37.0 Å². The first-order chi connectivity index (χ1) is 14.3. The Balaban J connectivity index is 5.63. The molecule has 0 aromatic carbocycles. The summed E-state index contributed by atoms with van der Waals surface area (Å²) in [4.78, 5) is 49.3. The molecule has 0 spiro atoms. The lowest BCUT2D eigenvalue weighted by Crippen LogP contribution is -2.61. The third kappa shape index (κ3) is 8.80. The molecule has 0 radical (unpaired) electrons. The summed E-state index contributed by atoms with van der Waals surface area (Å²) in [6.45, 7) is 9.66. The molecule has 0 bridgehead atoms. The molecule has 180 valence electrons. The Labute approximate surface area is 183 Å². The number of hydrogen-bond acceptors (Lipinski definition) is 7. The summed E-state index contributed by atoms with van der Waals surface area (Å²) in [5.74, 6) is -4.18. The summed E-state index contributed by atoms with van der Waals surface area (Å²) in [6.07, 6.45) is -1.43. The molecular weight excluding hydrogens is 408 g/mol. The van der Waals surface area contributed by atoms with E-state index in [0.717, 1.165) is 0 Å². The van der Waals surface area contributed by atoms with Crippen LogP contribution in [0.4, 0.5) is 0 Å². The Kier molecular flexibility index (Phi) is 12.3. The summed E-state index contributed by atoms with van der Waals surface area (Å²) in [6, 6.07) is -4.87. The molecule has 11 heteroatoms. The number of carboxylic acid groups (broad SMARTS) is 1. The molecular formula is C20H38N4O7. The Morgan fingerprint density at radius 2 is 1.06 bits per heavy atom. The molecule has 8 atom stereocenters. The second-order valence-corrected chi connectivity index (χ2v) is 8.08. The van der Waals surface area contributed by atoms with Gasteiger partial charge in [0, 0.05) is 0 Å². The zero-order chi connectivity index (χ0) is 24.5. The normalized spacial score (nSPS) is 19.0. The van der Waals surface area contributed by atoms with Gasteiger partial charge in [0.25, 0.3) is 0 Å². The van der Waals surface area contributed by atoms with Gasteiger partial charge in [0.1, 0.15) is 18.1 Å². The average Bonchev–Trinajstić information content (AvgIpc) is 2.70. The van der Waals surface area contributed by atoms with Crippen LogP contribution in [-0.2, 0) is 19.2 Å². The number of aliphatic carboxylic acids is 1. The maximum Gasteiger partial charge on any atom is 0.328 e. The van der Waals surface area contributed by atoms with Crippen molar-refractivity contribution in [1.29, 1.82) is 0 Å². The van der Waals surface area contributed by atoms with Crippen LogP contribution in [-0.4, -0.2) is 75.4 Å². The molecule has 31 heavy (non-hydrogen) atoms. The summed E-state index contributed by atoms with van der Waals surface area (Å²) >= 11 is 0. The first-order valence-electron chi connectivity index (χ1n) is 10.5. The van der Waals surface area contributed by atoms with Crippen LogP contribution in [0.2, 0.25) is 0 Å². The van der Waals surface area contributed by atoms with Gasteiger partial charge in [-0.2, -0.15) is 0 Å².